The van der Waals surface area contributed by atoms with Crippen LogP contribution >= 0.6 is 23.5 Å². The van der Waals surface area contributed by atoms with Gasteiger partial charge in [-0.25, -0.2) is 4.79 Å². The first-order valence-electron chi connectivity index (χ1n) is 10.1. The lowest BCUT2D eigenvalue weighted by Crippen LogP contribution is -2.31. The maximum Gasteiger partial charge on any atom is 0.367 e. The SMILES string of the molecule is C[C@@]12CCC=C(COC(=O)SCCO)CC[C@H]3C(CSCCO)C(=O)O[C@@H]3[C@@H]1O2. The van der Waals surface area contributed by atoms with Gasteiger partial charge in [0.1, 0.15) is 18.8 Å². The first kappa shape index (κ1) is 22.9. The molecule has 0 aromatic heterocycles. The van der Waals surface area contributed by atoms with E-state index in [0.717, 1.165) is 43.0 Å². The minimum absolute atomic E-state index is 0.0491. The summed E-state index contributed by atoms with van der Waals surface area (Å²) in [7, 11) is 0. The summed E-state index contributed by atoms with van der Waals surface area (Å²) in [5.74, 6) is 1.25. The summed E-state index contributed by atoms with van der Waals surface area (Å²) in [5, 5.41) is 17.5. The third-order valence-electron chi connectivity index (χ3n) is 5.83. The Bertz CT molecular complexity index is 626. The van der Waals surface area contributed by atoms with E-state index in [2.05, 4.69) is 13.0 Å². The molecule has 164 valence electrons. The maximum absolute atomic E-state index is 12.5. The molecule has 0 amide bonds. The number of hydrogen-bond acceptors (Lipinski definition) is 9. The second kappa shape index (κ2) is 10.5. The zero-order chi connectivity index (χ0) is 20.9. The van der Waals surface area contributed by atoms with Crippen LogP contribution in [0.5, 0.6) is 0 Å². The smallest absolute Gasteiger partial charge is 0.367 e. The molecule has 7 nitrogen and oxygen atoms in total. The van der Waals surface area contributed by atoms with Gasteiger partial charge >= 0.3 is 11.3 Å². The molecule has 2 fully saturated rings. The summed E-state index contributed by atoms with van der Waals surface area (Å²) in [4.78, 5) is 24.3. The molecule has 1 unspecified atom stereocenters. The highest BCUT2D eigenvalue weighted by Gasteiger charge is 2.62. The van der Waals surface area contributed by atoms with Crippen LogP contribution in [0.15, 0.2) is 11.6 Å². The van der Waals surface area contributed by atoms with Gasteiger partial charge in [0.2, 0.25) is 0 Å². The van der Waals surface area contributed by atoms with Crippen LogP contribution < -0.4 is 0 Å². The number of aliphatic hydroxyl groups is 2. The molecule has 0 aromatic carbocycles. The van der Waals surface area contributed by atoms with Crippen molar-refractivity contribution in [2.24, 2.45) is 11.8 Å². The van der Waals surface area contributed by atoms with E-state index in [1.807, 2.05) is 0 Å². The second-order valence-electron chi connectivity index (χ2n) is 7.87. The van der Waals surface area contributed by atoms with Gasteiger partial charge in [-0.2, -0.15) is 11.8 Å². The van der Waals surface area contributed by atoms with Gasteiger partial charge in [-0.05, 0) is 49.9 Å². The van der Waals surface area contributed by atoms with Gasteiger partial charge < -0.3 is 24.4 Å². The van der Waals surface area contributed by atoms with Gasteiger partial charge in [-0.15, -0.1) is 0 Å². The van der Waals surface area contributed by atoms with E-state index in [1.54, 1.807) is 11.8 Å². The highest BCUT2D eigenvalue weighted by molar-refractivity contribution is 8.13. The van der Waals surface area contributed by atoms with E-state index < -0.39 is 0 Å². The molecule has 0 aromatic rings. The van der Waals surface area contributed by atoms with Crippen LogP contribution in [0.1, 0.15) is 32.6 Å². The molecule has 2 saturated heterocycles. The van der Waals surface area contributed by atoms with E-state index in [-0.39, 0.29) is 60.7 Å². The molecule has 0 saturated carbocycles. The molecule has 0 bridgehead atoms. The molecule has 9 heteroatoms. The average molecular weight is 447 g/mol. The molecule has 1 aliphatic carbocycles. The Kier molecular flexibility index (Phi) is 8.32. The number of carbonyl (C=O) groups is 2. The van der Waals surface area contributed by atoms with E-state index in [4.69, 9.17) is 24.4 Å². The minimum atomic E-state index is -0.384. The normalized spacial score (nSPS) is 33.9. The Hall–Kier alpha value is -0.740. The molecule has 2 heterocycles. The zero-order valence-corrected chi connectivity index (χ0v) is 18.3. The average Bonchev–Trinajstić information content (AvgIpc) is 3.27. The quantitative estimate of drug-likeness (QED) is 0.252. The summed E-state index contributed by atoms with van der Waals surface area (Å²) in [6.45, 7) is 2.33. The topological polar surface area (TPSA) is 106 Å². The highest BCUT2D eigenvalue weighted by Crippen LogP contribution is 2.50. The second-order valence-corrected chi connectivity index (χ2v) is 10.1. The van der Waals surface area contributed by atoms with Crippen LogP contribution in [0.2, 0.25) is 0 Å². The number of aliphatic hydroxyl groups excluding tert-OH is 2. The van der Waals surface area contributed by atoms with E-state index in [9.17, 15) is 9.59 Å². The molecule has 3 rings (SSSR count). The van der Waals surface area contributed by atoms with Gasteiger partial charge in [0, 0.05) is 23.2 Å². The monoisotopic (exact) mass is 446 g/mol. The lowest BCUT2D eigenvalue weighted by Gasteiger charge is -2.22. The van der Waals surface area contributed by atoms with Gasteiger partial charge in [0.15, 0.2) is 0 Å². The van der Waals surface area contributed by atoms with Crippen LogP contribution in [0.25, 0.3) is 0 Å². The van der Waals surface area contributed by atoms with Crippen molar-refractivity contribution in [1.82, 2.24) is 0 Å². The van der Waals surface area contributed by atoms with Crippen molar-refractivity contribution in [3.63, 3.8) is 0 Å². The van der Waals surface area contributed by atoms with Crippen LogP contribution in [0.4, 0.5) is 4.79 Å². The molecule has 0 spiro atoms. The fraction of sp³-hybridized carbons (Fsp3) is 0.800. The number of carbonyl (C=O) groups excluding carboxylic acids is 2. The molecule has 0 radical (unpaired) electrons. The van der Waals surface area contributed by atoms with Crippen LogP contribution in [0.3, 0.4) is 0 Å². The van der Waals surface area contributed by atoms with E-state index in [0.29, 0.717) is 17.3 Å². The van der Waals surface area contributed by atoms with E-state index >= 15 is 0 Å². The third kappa shape index (κ3) is 5.91. The number of esters is 1. The van der Waals surface area contributed by atoms with E-state index in [1.165, 1.54) is 0 Å². The molecule has 2 N–H and O–H groups in total. The summed E-state index contributed by atoms with van der Waals surface area (Å²) in [5.41, 5.74) is 0.772. The first-order valence-corrected chi connectivity index (χ1v) is 12.3. The largest absolute Gasteiger partial charge is 0.459 e. The molecule has 3 aliphatic rings. The van der Waals surface area contributed by atoms with Crippen molar-refractivity contribution >= 4 is 34.8 Å². The van der Waals surface area contributed by atoms with Crippen LogP contribution in [0, 0.1) is 11.8 Å². The number of hydrogen-bond donors (Lipinski definition) is 2. The Balaban J connectivity index is 1.65. The molecule has 29 heavy (non-hydrogen) atoms. The molecular formula is C20H30O7S2. The zero-order valence-electron chi connectivity index (χ0n) is 16.7. The Morgan fingerprint density at radius 1 is 1.34 bits per heavy atom. The fourth-order valence-electron chi connectivity index (χ4n) is 4.17. The Morgan fingerprint density at radius 3 is 2.90 bits per heavy atom. The molecule has 2 aliphatic heterocycles. The van der Waals surface area contributed by atoms with Gasteiger partial charge in [0.25, 0.3) is 0 Å². The van der Waals surface area contributed by atoms with Gasteiger partial charge in [0.05, 0.1) is 24.7 Å². The fourth-order valence-corrected chi connectivity index (χ4v) is 5.51. The number of thioether (sulfide) groups is 2. The number of ether oxygens (including phenoxy) is 3. The number of allylic oxidation sites excluding steroid dienone is 1. The van der Waals surface area contributed by atoms with Gasteiger partial charge in [-0.3, -0.25) is 4.79 Å². The van der Waals surface area contributed by atoms with Crippen molar-refractivity contribution in [3.8, 4) is 0 Å². The predicted octanol–water partition coefficient (Wildman–Crippen LogP) is 2.39. The van der Waals surface area contributed by atoms with Crippen molar-refractivity contribution in [2.45, 2.75) is 50.4 Å². The Morgan fingerprint density at radius 2 is 2.14 bits per heavy atom. The molecule has 5 atom stereocenters. The van der Waals surface area contributed by atoms with Crippen molar-refractivity contribution in [2.75, 3.05) is 37.1 Å². The van der Waals surface area contributed by atoms with Crippen molar-refractivity contribution < 1.29 is 34.0 Å². The summed E-state index contributed by atoms with van der Waals surface area (Å²) in [6.07, 6.45) is 5.01. The Labute approximate surface area is 179 Å². The summed E-state index contributed by atoms with van der Waals surface area (Å²) >= 11 is 2.54. The number of rotatable bonds is 8. The third-order valence-corrected chi connectivity index (χ3v) is 7.63. The number of fused-ring (bicyclic) bond motifs is 3. The number of epoxide rings is 1. The lowest BCUT2D eigenvalue weighted by atomic mass is 9.81. The van der Waals surface area contributed by atoms with Crippen LogP contribution in [-0.4, -0.2) is 76.4 Å². The minimum Gasteiger partial charge on any atom is -0.459 e. The summed E-state index contributed by atoms with van der Waals surface area (Å²) < 4.78 is 17.1. The maximum atomic E-state index is 12.5. The predicted molar refractivity (Wildman–Crippen MR) is 112 cm³/mol. The molecular weight excluding hydrogens is 416 g/mol. The van der Waals surface area contributed by atoms with Crippen molar-refractivity contribution in [1.29, 1.82) is 0 Å². The highest BCUT2D eigenvalue weighted by atomic mass is 32.2. The standard InChI is InChI=1S/C20H30O7S2/c1-20-6-2-3-13(11-25-19(24)29-10-8-22)4-5-14-15(12-28-9-7-21)18(23)26-16(14)17(20)27-20/h3,14-17,21-22H,2,4-12H2,1H3/t14-,15?,16-,17-,20+/m0/s1. The van der Waals surface area contributed by atoms with Crippen LogP contribution in [-0.2, 0) is 19.0 Å². The van der Waals surface area contributed by atoms with Gasteiger partial charge in [-0.1, -0.05) is 6.08 Å². The van der Waals surface area contributed by atoms with Crippen molar-refractivity contribution in [3.05, 3.63) is 11.6 Å². The first-order chi connectivity index (χ1) is 14.0. The summed E-state index contributed by atoms with van der Waals surface area (Å²) in [6, 6.07) is 0. The lowest BCUT2D eigenvalue weighted by molar-refractivity contribution is -0.144.